The van der Waals surface area contributed by atoms with E-state index in [0.717, 1.165) is 38.2 Å². The zero-order valence-corrected chi connectivity index (χ0v) is 18.0. The summed E-state index contributed by atoms with van der Waals surface area (Å²) in [4.78, 5) is 17.5. The maximum absolute atomic E-state index is 12.7. The number of aliphatic hydroxyl groups is 1. The molecule has 6 nitrogen and oxygen atoms in total. The van der Waals surface area contributed by atoms with Crippen molar-refractivity contribution in [3.05, 3.63) is 29.8 Å². The molecule has 0 radical (unpaired) electrons. The number of carbonyl (C=O) groups excluding carboxylic acids is 1. The molecule has 0 aliphatic carbocycles. The number of amides is 1. The molecule has 29 heavy (non-hydrogen) atoms. The first kappa shape index (κ1) is 22.1. The van der Waals surface area contributed by atoms with Gasteiger partial charge in [0.2, 0.25) is 0 Å². The summed E-state index contributed by atoms with van der Waals surface area (Å²) in [6.45, 7) is 11.0. The van der Waals surface area contributed by atoms with Crippen molar-refractivity contribution < 1.29 is 14.6 Å². The highest BCUT2D eigenvalue weighted by Gasteiger charge is 2.27. The predicted molar refractivity (Wildman–Crippen MR) is 115 cm³/mol. The summed E-state index contributed by atoms with van der Waals surface area (Å²) in [7, 11) is 0. The third-order valence-corrected chi connectivity index (χ3v) is 5.82. The van der Waals surface area contributed by atoms with Gasteiger partial charge in [0.15, 0.2) is 0 Å². The van der Waals surface area contributed by atoms with E-state index in [9.17, 15) is 9.90 Å². The highest BCUT2D eigenvalue weighted by atomic mass is 16.5. The average Bonchev–Trinajstić information content (AvgIpc) is 3.14. The summed E-state index contributed by atoms with van der Waals surface area (Å²) < 4.78 is 5.82. The van der Waals surface area contributed by atoms with Gasteiger partial charge < -0.3 is 20.1 Å². The number of aliphatic hydroxyl groups excluding tert-OH is 1. The van der Waals surface area contributed by atoms with Crippen molar-refractivity contribution in [3.63, 3.8) is 0 Å². The molecule has 0 saturated carbocycles. The first-order chi connectivity index (χ1) is 14.0. The number of hydrogen-bond acceptors (Lipinski definition) is 5. The molecule has 1 amide bonds. The molecule has 2 heterocycles. The molecule has 1 aromatic carbocycles. The molecule has 2 saturated heterocycles. The Morgan fingerprint density at radius 3 is 2.52 bits per heavy atom. The van der Waals surface area contributed by atoms with Crippen LogP contribution in [0.5, 0.6) is 5.75 Å². The summed E-state index contributed by atoms with van der Waals surface area (Å²) in [5.74, 6) is 1.22. The van der Waals surface area contributed by atoms with Gasteiger partial charge in [0.1, 0.15) is 12.4 Å². The molecule has 0 spiro atoms. The molecule has 0 aromatic heterocycles. The lowest BCUT2D eigenvalue weighted by Gasteiger charge is -2.28. The van der Waals surface area contributed by atoms with Gasteiger partial charge >= 0.3 is 0 Å². The van der Waals surface area contributed by atoms with Crippen molar-refractivity contribution in [2.75, 3.05) is 45.9 Å². The highest BCUT2D eigenvalue weighted by Crippen LogP contribution is 2.16. The molecule has 2 N–H and O–H groups in total. The quantitative estimate of drug-likeness (QED) is 0.698. The van der Waals surface area contributed by atoms with Crippen molar-refractivity contribution in [1.29, 1.82) is 0 Å². The van der Waals surface area contributed by atoms with Crippen LogP contribution in [0.25, 0.3) is 0 Å². The standard InChI is InChI=1S/C23H37N3O3/c1-18(2)16-26-13-5-6-22(27)21(17-26)24-23(28)19-7-9-20(10-8-19)29-15-14-25-11-3-4-12-25/h7-10,18,21-22,27H,3-6,11-17H2,1-2H3,(H,24,28). The number of carbonyl (C=O) groups is 1. The van der Waals surface area contributed by atoms with Gasteiger partial charge in [0, 0.05) is 25.2 Å². The van der Waals surface area contributed by atoms with Crippen molar-refractivity contribution in [1.82, 2.24) is 15.1 Å². The SMILES string of the molecule is CC(C)CN1CCCC(O)C(NC(=O)c2ccc(OCCN3CCCC3)cc2)C1. The number of likely N-dealkylation sites (tertiary alicyclic amines) is 2. The van der Waals surface area contributed by atoms with Crippen molar-refractivity contribution in [2.45, 2.75) is 51.7 Å². The number of hydrogen-bond donors (Lipinski definition) is 2. The van der Waals surface area contributed by atoms with Crippen LogP contribution in [0.3, 0.4) is 0 Å². The lowest BCUT2D eigenvalue weighted by molar-refractivity contribution is 0.0796. The highest BCUT2D eigenvalue weighted by molar-refractivity contribution is 5.94. The van der Waals surface area contributed by atoms with Gasteiger partial charge in [-0.3, -0.25) is 9.69 Å². The second-order valence-corrected chi connectivity index (χ2v) is 8.86. The lowest BCUT2D eigenvalue weighted by atomic mass is 10.1. The Hall–Kier alpha value is -1.63. The second kappa shape index (κ2) is 11.0. The first-order valence-electron chi connectivity index (χ1n) is 11.2. The molecule has 2 unspecified atom stereocenters. The third kappa shape index (κ3) is 6.98. The Morgan fingerprint density at radius 1 is 1.14 bits per heavy atom. The Labute approximate surface area is 175 Å². The van der Waals surface area contributed by atoms with Crippen LogP contribution in [0.15, 0.2) is 24.3 Å². The monoisotopic (exact) mass is 403 g/mol. The maximum atomic E-state index is 12.7. The summed E-state index contributed by atoms with van der Waals surface area (Å²) in [5, 5.41) is 13.5. The number of rotatable bonds is 8. The molecule has 162 valence electrons. The summed E-state index contributed by atoms with van der Waals surface area (Å²) in [6.07, 6.45) is 3.76. The average molecular weight is 404 g/mol. The molecule has 3 rings (SSSR count). The van der Waals surface area contributed by atoms with Crippen LogP contribution in [-0.4, -0.2) is 78.8 Å². The molecule has 2 atom stereocenters. The summed E-state index contributed by atoms with van der Waals surface area (Å²) in [6, 6.07) is 7.08. The molecule has 6 heteroatoms. The zero-order chi connectivity index (χ0) is 20.6. The third-order valence-electron chi connectivity index (χ3n) is 5.82. The van der Waals surface area contributed by atoms with Crippen LogP contribution in [0.4, 0.5) is 0 Å². The minimum atomic E-state index is -0.496. The van der Waals surface area contributed by atoms with Crippen LogP contribution in [-0.2, 0) is 0 Å². The zero-order valence-electron chi connectivity index (χ0n) is 18.0. The smallest absolute Gasteiger partial charge is 0.251 e. The number of ether oxygens (including phenoxy) is 1. The van der Waals surface area contributed by atoms with Gasteiger partial charge in [0.25, 0.3) is 5.91 Å². The van der Waals surface area contributed by atoms with Crippen LogP contribution in [0.1, 0.15) is 49.9 Å². The molecular weight excluding hydrogens is 366 g/mol. The summed E-state index contributed by atoms with van der Waals surface area (Å²) in [5.41, 5.74) is 0.601. The van der Waals surface area contributed by atoms with Crippen LogP contribution in [0.2, 0.25) is 0 Å². The van der Waals surface area contributed by atoms with Gasteiger partial charge in [-0.25, -0.2) is 0 Å². The van der Waals surface area contributed by atoms with Crippen LogP contribution >= 0.6 is 0 Å². The number of nitrogens with zero attached hydrogens (tertiary/aromatic N) is 2. The second-order valence-electron chi connectivity index (χ2n) is 8.86. The molecule has 1 aromatic rings. The van der Waals surface area contributed by atoms with Crippen LogP contribution in [0, 0.1) is 5.92 Å². The molecule has 0 bridgehead atoms. The van der Waals surface area contributed by atoms with E-state index in [-0.39, 0.29) is 11.9 Å². The van der Waals surface area contributed by atoms with E-state index < -0.39 is 6.10 Å². The Kier molecular flexibility index (Phi) is 8.33. The largest absolute Gasteiger partial charge is 0.492 e. The predicted octanol–water partition coefficient (Wildman–Crippen LogP) is 2.37. The number of benzene rings is 1. The minimum absolute atomic E-state index is 0.135. The van der Waals surface area contributed by atoms with Gasteiger partial charge in [-0.05, 0) is 75.5 Å². The number of nitrogens with one attached hydrogen (secondary N) is 1. The fourth-order valence-corrected chi connectivity index (χ4v) is 4.29. The lowest BCUT2D eigenvalue weighted by Crippen LogP contribution is -2.49. The fourth-order valence-electron chi connectivity index (χ4n) is 4.29. The van der Waals surface area contributed by atoms with E-state index in [0.29, 0.717) is 24.6 Å². The van der Waals surface area contributed by atoms with Crippen LogP contribution < -0.4 is 10.1 Å². The topological polar surface area (TPSA) is 65.0 Å². The summed E-state index contributed by atoms with van der Waals surface area (Å²) >= 11 is 0. The van der Waals surface area contributed by atoms with E-state index in [1.165, 1.54) is 25.9 Å². The van der Waals surface area contributed by atoms with Gasteiger partial charge in [-0.15, -0.1) is 0 Å². The Balaban J connectivity index is 1.49. The fraction of sp³-hybridized carbons (Fsp3) is 0.696. The van der Waals surface area contributed by atoms with E-state index in [4.69, 9.17) is 4.74 Å². The van der Waals surface area contributed by atoms with Crippen molar-refractivity contribution in [2.24, 2.45) is 5.92 Å². The molecule has 2 aliphatic heterocycles. The van der Waals surface area contributed by atoms with Gasteiger partial charge in [-0.1, -0.05) is 13.8 Å². The molecule has 2 aliphatic rings. The molecular formula is C23H37N3O3. The van der Waals surface area contributed by atoms with Gasteiger partial charge in [0.05, 0.1) is 12.1 Å². The normalized spacial score (nSPS) is 23.9. The Morgan fingerprint density at radius 2 is 1.83 bits per heavy atom. The van der Waals surface area contributed by atoms with E-state index in [1.807, 2.05) is 12.1 Å². The van der Waals surface area contributed by atoms with E-state index in [1.54, 1.807) is 12.1 Å². The van der Waals surface area contributed by atoms with Crippen molar-refractivity contribution in [3.8, 4) is 5.75 Å². The molecule has 2 fully saturated rings. The first-order valence-corrected chi connectivity index (χ1v) is 11.2. The van der Waals surface area contributed by atoms with E-state index in [2.05, 4.69) is 29.0 Å². The minimum Gasteiger partial charge on any atom is -0.492 e. The van der Waals surface area contributed by atoms with Gasteiger partial charge in [-0.2, -0.15) is 0 Å². The van der Waals surface area contributed by atoms with Crippen molar-refractivity contribution >= 4 is 5.91 Å². The maximum Gasteiger partial charge on any atom is 0.251 e. The Bertz CT molecular complexity index is 629. The van der Waals surface area contributed by atoms with E-state index >= 15 is 0 Å².